The average molecular weight is 503 g/mol. The average Bonchev–Trinajstić information content (AvgIpc) is 3.61. The Kier molecular flexibility index (Phi) is 3.42. The molecule has 0 saturated heterocycles. The lowest BCUT2D eigenvalue weighted by Crippen LogP contribution is -1.74. The van der Waals surface area contributed by atoms with E-state index in [0.29, 0.717) is 0 Å². The number of rotatable bonds is 0. The van der Waals surface area contributed by atoms with Crippen molar-refractivity contribution in [2.45, 2.75) is 0 Å². The second-order valence-corrected chi connectivity index (χ2v) is 13.1. The van der Waals surface area contributed by atoms with Crippen molar-refractivity contribution in [3.8, 4) is 0 Å². The molecule has 0 aliphatic carbocycles. The molecule has 0 saturated carbocycles. The Morgan fingerprint density at radius 2 is 0.706 bits per heavy atom. The highest BCUT2D eigenvalue weighted by Crippen LogP contribution is 2.44. The largest absolute Gasteiger partial charge is 0.144 e. The highest BCUT2D eigenvalue weighted by atomic mass is 32.1. The van der Waals surface area contributed by atoms with Crippen LogP contribution in [0.3, 0.4) is 0 Å². The molecule has 4 heterocycles. The van der Waals surface area contributed by atoms with Gasteiger partial charge >= 0.3 is 0 Å². The molecule has 0 bridgehead atoms. The summed E-state index contributed by atoms with van der Waals surface area (Å²) in [6.45, 7) is 0. The van der Waals surface area contributed by atoms with Crippen LogP contribution < -0.4 is 0 Å². The van der Waals surface area contributed by atoms with Gasteiger partial charge in [0, 0.05) is 49.7 Å². The van der Waals surface area contributed by atoms with Crippen LogP contribution in [0.2, 0.25) is 0 Å². The van der Waals surface area contributed by atoms with Crippen LogP contribution in [0.25, 0.3) is 82.1 Å². The molecule has 9 aromatic rings. The fourth-order valence-electron chi connectivity index (χ4n) is 5.45. The van der Waals surface area contributed by atoms with Crippen LogP contribution in [0.1, 0.15) is 0 Å². The highest BCUT2D eigenvalue weighted by molar-refractivity contribution is 7.27. The van der Waals surface area contributed by atoms with Gasteiger partial charge < -0.3 is 0 Å². The highest BCUT2D eigenvalue weighted by Gasteiger charge is 2.13. The summed E-state index contributed by atoms with van der Waals surface area (Å²) in [4.78, 5) is 0. The minimum Gasteiger partial charge on any atom is -0.144 e. The third-order valence-corrected chi connectivity index (χ3v) is 11.1. The predicted molar refractivity (Wildman–Crippen MR) is 158 cm³/mol. The molecular formula is C30H14S4. The molecule has 5 aromatic carbocycles. The lowest BCUT2D eigenvalue weighted by Gasteiger charge is -2.01. The van der Waals surface area contributed by atoms with Crippen molar-refractivity contribution < 1.29 is 0 Å². The monoisotopic (exact) mass is 502 g/mol. The molecule has 0 N–H and O–H groups in total. The lowest BCUT2D eigenvalue weighted by molar-refractivity contribution is 1.95. The number of fused-ring (bicyclic) bond motifs is 10. The summed E-state index contributed by atoms with van der Waals surface area (Å²) >= 11 is 7.50. The maximum Gasteiger partial charge on any atom is 0.0362 e. The van der Waals surface area contributed by atoms with E-state index in [1.165, 1.54) is 82.1 Å². The van der Waals surface area contributed by atoms with Crippen molar-refractivity contribution in [2.75, 3.05) is 0 Å². The molecule has 0 radical (unpaired) electrons. The van der Waals surface area contributed by atoms with Gasteiger partial charge in [-0.3, -0.25) is 0 Å². The van der Waals surface area contributed by atoms with Gasteiger partial charge in [0.1, 0.15) is 0 Å². The molecule has 0 spiro atoms. The molecule has 34 heavy (non-hydrogen) atoms. The normalized spacial score (nSPS) is 12.7. The van der Waals surface area contributed by atoms with E-state index < -0.39 is 0 Å². The topological polar surface area (TPSA) is 0 Å². The molecule has 4 aromatic heterocycles. The zero-order chi connectivity index (χ0) is 22.0. The van der Waals surface area contributed by atoms with Crippen LogP contribution in [0, 0.1) is 0 Å². The van der Waals surface area contributed by atoms with E-state index in [1.54, 1.807) is 0 Å². The standard InChI is InChI=1S/C30H14S4/c1-3-32-26-10-20-12-28-21(7-17(20)5-15(1)26)23-13-30-24(14-29(23)34-28)22-8-19-9-25-16(2-4-31-25)6-18(19)11-27(22)33-30/h1-14H. The van der Waals surface area contributed by atoms with Crippen LogP contribution in [0.4, 0.5) is 0 Å². The van der Waals surface area contributed by atoms with Crippen molar-refractivity contribution in [3.05, 3.63) is 83.6 Å². The van der Waals surface area contributed by atoms with Crippen molar-refractivity contribution in [1.29, 1.82) is 0 Å². The van der Waals surface area contributed by atoms with Crippen molar-refractivity contribution in [2.24, 2.45) is 0 Å². The third-order valence-electron chi connectivity index (χ3n) is 7.12. The van der Waals surface area contributed by atoms with Gasteiger partial charge in [-0.2, -0.15) is 0 Å². The molecule has 0 unspecified atom stereocenters. The summed E-state index contributed by atoms with van der Waals surface area (Å²) in [6, 6.07) is 28.3. The molecule has 0 atom stereocenters. The summed E-state index contributed by atoms with van der Waals surface area (Å²) in [5.74, 6) is 0. The second-order valence-electron chi connectivity index (χ2n) is 9.06. The first kappa shape index (κ1) is 18.3. The minimum atomic E-state index is 1.33. The van der Waals surface area contributed by atoms with Gasteiger partial charge in [0.25, 0.3) is 0 Å². The molecular weight excluding hydrogens is 489 g/mol. The van der Waals surface area contributed by atoms with Crippen molar-refractivity contribution >= 4 is 127 Å². The Balaban J connectivity index is 1.36. The van der Waals surface area contributed by atoms with E-state index in [-0.39, 0.29) is 0 Å². The van der Waals surface area contributed by atoms with Gasteiger partial charge in [0.05, 0.1) is 0 Å². The summed E-state index contributed by atoms with van der Waals surface area (Å²) in [6.07, 6.45) is 0. The first-order chi connectivity index (χ1) is 16.8. The van der Waals surface area contributed by atoms with Crippen molar-refractivity contribution in [1.82, 2.24) is 0 Å². The fraction of sp³-hybridized carbons (Fsp3) is 0. The molecule has 0 aliphatic heterocycles. The summed E-state index contributed by atoms with van der Waals surface area (Å²) in [5.41, 5.74) is 0. The van der Waals surface area contributed by atoms with Crippen LogP contribution >= 0.6 is 45.3 Å². The van der Waals surface area contributed by atoms with Gasteiger partial charge in [-0.25, -0.2) is 0 Å². The molecule has 9 rings (SSSR count). The zero-order valence-corrected chi connectivity index (χ0v) is 21.0. The Morgan fingerprint density at radius 3 is 1.26 bits per heavy atom. The first-order valence-electron chi connectivity index (χ1n) is 11.2. The summed E-state index contributed by atoms with van der Waals surface area (Å²) < 4.78 is 8.26. The SMILES string of the molecule is c1cc2cc3cc4c(cc3cc2s1)sc1cc2c(cc14)sc1cc3cc4ccsc4cc3cc12. The van der Waals surface area contributed by atoms with E-state index in [2.05, 4.69) is 83.6 Å². The van der Waals surface area contributed by atoms with Gasteiger partial charge in [0.15, 0.2) is 0 Å². The number of thiophene rings is 4. The quantitative estimate of drug-likeness (QED) is 0.193. The number of hydrogen-bond acceptors (Lipinski definition) is 4. The summed E-state index contributed by atoms with van der Waals surface area (Å²) in [5, 5.41) is 17.9. The van der Waals surface area contributed by atoms with Crippen LogP contribution in [0.5, 0.6) is 0 Å². The van der Waals surface area contributed by atoms with E-state index in [0.717, 1.165) is 0 Å². The molecule has 4 heteroatoms. The van der Waals surface area contributed by atoms with Gasteiger partial charge in [-0.15, -0.1) is 45.3 Å². The maximum absolute atomic E-state index is 2.44. The van der Waals surface area contributed by atoms with Crippen molar-refractivity contribution in [3.63, 3.8) is 0 Å². The first-order valence-corrected chi connectivity index (χ1v) is 14.6. The van der Waals surface area contributed by atoms with Crippen LogP contribution in [-0.4, -0.2) is 0 Å². The second kappa shape index (κ2) is 6.35. The predicted octanol–water partition coefficient (Wildman–Crippen LogP) is 11.2. The number of benzene rings is 5. The van der Waals surface area contributed by atoms with Gasteiger partial charge in [-0.1, -0.05) is 0 Å². The fourth-order valence-corrected chi connectivity index (χ4v) is 9.41. The minimum absolute atomic E-state index is 1.33. The smallest absolute Gasteiger partial charge is 0.0362 e. The molecule has 0 amide bonds. The van der Waals surface area contributed by atoms with Crippen LogP contribution in [0.15, 0.2) is 83.6 Å². The van der Waals surface area contributed by atoms with E-state index in [1.807, 2.05) is 45.3 Å². The maximum atomic E-state index is 2.44. The Morgan fingerprint density at radius 1 is 0.324 bits per heavy atom. The molecule has 158 valence electrons. The van der Waals surface area contributed by atoms with Gasteiger partial charge in [-0.05, 0) is 116 Å². The molecule has 0 aliphatic rings. The van der Waals surface area contributed by atoms with Gasteiger partial charge in [0.2, 0.25) is 0 Å². The lowest BCUT2D eigenvalue weighted by atomic mass is 10.0. The van der Waals surface area contributed by atoms with Crippen LogP contribution in [-0.2, 0) is 0 Å². The Labute approximate surface area is 209 Å². The Bertz CT molecular complexity index is 2120. The zero-order valence-electron chi connectivity index (χ0n) is 17.7. The van der Waals surface area contributed by atoms with E-state index in [9.17, 15) is 0 Å². The Hall–Kier alpha value is -3.02. The van der Waals surface area contributed by atoms with E-state index >= 15 is 0 Å². The number of hydrogen-bond donors (Lipinski definition) is 0. The van der Waals surface area contributed by atoms with E-state index in [4.69, 9.17) is 0 Å². The summed E-state index contributed by atoms with van der Waals surface area (Å²) in [7, 11) is 0. The third kappa shape index (κ3) is 2.41. The molecule has 0 fully saturated rings. The molecule has 0 nitrogen and oxygen atoms in total.